The summed E-state index contributed by atoms with van der Waals surface area (Å²) in [6.45, 7) is 0.933. The molecule has 1 saturated carbocycles. The molecule has 2 heterocycles. The molecule has 1 aliphatic heterocycles. The maximum atomic E-state index is 12.6. The molecule has 2 unspecified atom stereocenters. The molecule has 1 aliphatic carbocycles. The summed E-state index contributed by atoms with van der Waals surface area (Å²) in [5.74, 6) is 1.27. The molecule has 3 rings (SSSR count). The average molecular weight is 333 g/mol. The average Bonchev–Trinajstić information content (AvgIpc) is 3.07. The first-order chi connectivity index (χ1) is 11.2. The summed E-state index contributed by atoms with van der Waals surface area (Å²) in [5.41, 5.74) is 1.10. The van der Waals surface area contributed by atoms with Gasteiger partial charge in [0, 0.05) is 31.8 Å². The summed E-state index contributed by atoms with van der Waals surface area (Å²) < 4.78 is 0. The number of amides is 1. The van der Waals surface area contributed by atoms with Gasteiger partial charge in [0.2, 0.25) is 5.91 Å². The Balaban J connectivity index is 1.42. The second-order valence-corrected chi connectivity index (χ2v) is 7.82. The summed E-state index contributed by atoms with van der Waals surface area (Å²) in [6, 6.07) is 2.50. The number of likely N-dealkylation sites (tertiary alicyclic amines) is 1. The zero-order valence-electron chi connectivity index (χ0n) is 13.8. The van der Waals surface area contributed by atoms with Gasteiger partial charge in [-0.1, -0.05) is 12.8 Å². The van der Waals surface area contributed by atoms with E-state index in [2.05, 4.69) is 4.90 Å². The molecule has 2 atom stereocenters. The van der Waals surface area contributed by atoms with Gasteiger partial charge < -0.3 is 4.90 Å². The summed E-state index contributed by atoms with van der Waals surface area (Å²) in [4.78, 5) is 26.7. The number of hydrogen-bond donors (Lipinski definition) is 0. The summed E-state index contributed by atoms with van der Waals surface area (Å²) in [7, 11) is 0. The third kappa shape index (κ3) is 4.43. The highest BCUT2D eigenvalue weighted by Gasteiger charge is 2.35. The highest BCUT2D eigenvalue weighted by Crippen LogP contribution is 2.35. The van der Waals surface area contributed by atoms with Crippen molar-refractivity contribution in [2.75, 3.05) is 6.54 Å². The molecule has 1 aromatic rings. The van der Waals surface area contributed by atoms with Crippen LogP contribution in [0.1, 0.15) is 63.4 Å². The van der Waals surface area contributed by atoms with Crippen molar-refractivity contribution >= 4 is 23.0 Å². The number of nitrogens with zero attached hydrogens (tertiary/aromatic N) is 1. The van der Waals surface area contributed by atoms with E-state index >= 15 is 0 Å². The molecule has 1 amide bonds. The van der Waals surface area contributed by atoms with Crippen LogP contribution in [0.5, 0.6) is 0 Å². The molecule has 126 valence electrons. The number of fused-ring (bicyclic) bond motifs is 1. The third-order valence-corrected chi connectivity index (χ3v) is 6.12. The first-order valence-corrected chi connectivity index (χ1v) is 10.0. The van der Waals surface area contributed by atoms with Gasteiger partial charge in [0.25, 0.3) is 0 Å². The Labute approximate surface area is 143 Å². The highest BCUT2D eigenvalue weighted by molar-refractivity contribution is 7.08. The number of hydrogen-bond acceptors (Lipinski definition) is 3. The van der Waals surface area contributed by atoms with Crippen molar-refractivity contribution < 1.29 is 9.59 Å². The van der Waals surface area contributed by atoms with Crippen molar-refractivity contribution in [3.8, 4) is 0 Å². The second-order valence-electron chi connectivity index (χ2n) is 7.04. The van der Waals surface area contributed by atoms with Gasteiger partial charge in [-0.3, -0.25) is 9.59 Å². The molecule has 1 aromatic heterocycles. The smallest absolute Gasteiger partial charge is 0.222 e. The molecule has 4 heteroatoms. The van der Waals surface area contributed by atoms with E-state index in [0.717, 1.165) is 24.4 Å². The Morgan fingerprint density at radius 2 is 1.96 bits per heavy atom. The van der Waals surface area contributed by atoms with Gasteiger partial charge in [-0.05, 0) is 60.4 Å². The van der Waals surface area contributed by atoms with E-state index in [1.165, 1.54) is 32.1 Å². The molecular weight excluding hydrogens is 306 g/mol. The Kier molecular flexibility index (Phi) is 5.87. The predicted octanol–water partition coefficient (Wildman–Crippen LogP) is 4.21. The van der Waals surface area contributed by atoms with E-state index in [-0.39, 0.29) is 11.7 Å². The van der Waals surface area contributed by atoms with E-state index in [4.69, 9.17) is 0 Å². The van der Waals surface area contributed by atoms with Crippen LogP contribution < -0.4 is 0 Å². The Morgan fingerprint density at radius 3 is 2.78 bits per heavy atom. The van der Waals surface area contributed by atoms with Crippen LogP contribution in [0, 0.1) is 5.92 Å². The van der Waals surface area contributed by atoms with Crippen molar-refractivity contribution in [1.82, 2.24) is 4.90 Å². The molecule has 0 aromatic carbocycles. The molecule has 3 nitrogen and oxygen atoms in total. The third-order valence-electron chi connectivity index (χ3n) is 5.39. The minimum atomic E-state index is 0.255. The fourth-order valence-electron chi connectivity index (χ4n) is 4.22. The van der Waals surface area contributed by atoms with Crippen LogP contribution in [0.4, 0.5) is 0 Å². The van der Waals surface area contributed by atoms with Crippen LogP contribution in [0.15, 0.2) is 16.8 Å². The van der Waals surface area contributed by atoms with Gasteiger partial charge in [0.05, 0.1) is 0 Å². The SMILES string of the molecule is O=C(CCCC(=O)N1CCCC2CCCCC21)Cc1ccsc1. The number of ketones is 1. The summed E-state index contributed by atoms with van der Waals surface area (Å²) in [6.07, 6.45) is 9.84. The first kappa shape index (κ1) is 16.7. The van der Waals surface area contributed by atoms with Gasteiger partial charge in [-0.25, -0.2) is 0 Å². The van der Waals surface area contributed by atoms with Crippen LogP contribution >= 0.6 is 11.3 Å². The van der Waals surface area contributed by atoms with Crippen molar-refractivity contribution in [2.24, 2.45) is 5.92 Å². The molecule has 0 spiro atoms. The number of piperidine rings is 1. The molecule has 0 N–H and O–H groups in total. The number of carbonyl (C=O) groups is 2. The minimum absolute atomic E-state index is 0.255. The van der Waals surface area contributed by atoms with Crippen molar-refractivity contribution in [1.29, 1.82) is 0 Å². The molecular formula is C19H27NO2S. The minimum Gasteiger partial charge on any atom is -0.339 e. The molecule has 2 aliphatic rings. The quantitative estimate of drug-likeness (QED) is 0.782. The number of Topliss-reactive ketones (excluding diaryl/α,β-unsaturated/α-hetero) is 1. The first-order valence-electron chi connectivity index (χ1n) is 9.06. The Bertz CT molecular complexity index is 523. The zero-order chi connectivity index (χ0) is 16.1. The van der Waals surface area contributed by atoms with Crippen molar-refractivity contribution in [2.45, 2.75) is 70.3 Å². The lowest BCUT2D eigenvalue weighted by Crippen LogP contribution is -2.49. The van der Waals surface area contributed by atoms with Crippen LogP contribution in [-0.4, -0.2) is 29.2 Å². The molecule has 1 saturated heterocycles. The van der Waals surface area contributed by atoms with Crippen molar-refractivity contribution in [3.63, 3.8) is 0 Å². The van der Waals surface area contributed by atoms with Crippen LogP contribution in [-0.2, 0) is 16.0 Å². The van der Waals surface area contributed by atoms with Gasteiger partial charge in [0.1, 0.15) is 5.78 Å². The molecule has 2 fully saturated rings. The largest absolute Gasteiger partial charge is 0.339 e. The van der Waals surface area contributed by atoms with E-state index < -0.39 is 0 Å². The van der Waals surface area contributed by atoms with Gasteiger partial charge in [-0.15, -0.1) is 0 Å². The Morgan fingerprint density at radius 1 is 1.13 bits per heavy atom. The van der Waals surface area contributed by atoms with Gasteiger partial charge in [0.15, 0.2) is 0 Å². The second kappa shape index (κ2) is 8.09. The lowest BCUT2D eigenvalue weighted by Gasteiger charge is -2.44. The molecule has 23 heavy (non-hydrogen) atoms. The van der Waals surface area contributed by atoms with Gasteiger partial charge in [-0.2, -0.15) is 11.3 Å². The zero-order valence-corrected chi connectivity index (χ0v) is 14.7. The highest BCUT2D eigenvalue weighted by atomic mass is 32.1. The fraction of sp³-hybridized carbons (Fsp3) is 0.684. The number of thiophene rings is 1. The lowest BCUT2D eigenvalue weighted by atomic mass is 9.78. The number of rotatable bonds is 6. The molecule has 0 radical (unpaired) electrons. The Hall–Kier alpha value is -1.16. The van der Waals surface area contributed by atoms with Crippen LogP contribution in [0.2, 0.25) is 0 Å². The number of carbonyl (C=O) groups excluding carboxylic acids is 2. The summed E-state index contributed by atoms with van der Waals surface area (Å²) >= 11 is 1.63. The monoisotopic (exact) mass is 333 g/mol. The normalized spacial score (nSPS) is 24.3. The topological polar surface area (TPSA) is 37.4 Å². The predicted molar refractivity (Wildman–Crippen MR) is 93.6 cm³/mol. The van der Waals surface area contributed by atoms with E-state index in [1.807, 2.05) is 16.8 Å². The van der Waals surface area contributed by atoms with Crippen molar-refractivity contribution in [3.05, 3.63) is 22.4 Å². The van der Waals surface area contributed by atoms with Crippen LogP contribution in [0.25, 0.3) is 0 Å². The lowest BCUT2D eigenvalue weighted by molar-refractivity contribution is -0.137. The summed E-state index contributed by atoms with van der Waals surface area (Å²) in [5, 5.41) is 4.03. The van der Waals surface area contributed by atoms with E-state index in [1.54, 1.807) is 11.3 Å². The van der Waals surface area contributed by atoms with Crippen LogP contribution in [0.3, 0.4) is 0 Å². The standard InChI is InChI=1S/C19H27NO2S/c21-17(13-15-10-12-23-14-15)7-3-9-19(22)20-11-4-6-16-5-1-2-8-18(16)20/h10,12,14,16,18H,1-9,11,13H2. The van der Waals surface area contributed by atoms with E-state index in [9.17, 15) is 9.59 Å². The van der Waals surface area contributed by atoms with E-state index in [0.29, 0.717) is 31.7 Å². The fourth-order valence-corrected chi connectivity index (χ4v) is 4.89. The maximum absolute atomic E-state index is 12.6. The van der Waals surface area contributed by atoms with Gasteiger partial charge >= 0.3 is 0 Å². The molecule has 0 bridgehead atoms. The maximum Gasteiger partial charge on any atom is 0.222 e.